The van der Waals surface area contributed by atoms with Gasteiger partial charge in [-0.05, 0) is 31.0 Å². The maximum atomic E-state index is 11.7. The number of amides is 1. The maximum Gasteiger partial charge on any atom is 0.308 e. The third kappa shape index (κ3) is 6.04. The summed E-state index contributed by atoms with van der Waals surface area (Å²) < 4.78 is 5.34. The molecule has 1 atom stereocenters. The Hall–Kier alpha value is -1.75. The van der Waals surface area contributed by atoms with E-state index < -0.39 is 11.9 Å². The zero-order valence-electron chi connectivity index (χ0n) is 12.2. The zero-order valence-corrected chi connectivity index (χ0v) is 12.9. The molecule has 0 fully saturated rings. The first-order chi connectivity index (χ1) is 9.93. The van der Waals surface area contributed by atoms with Crippen molar-refractivity contribution in [3.63, 3.8) is 0 Å². The summed E-state index contributed by atoms with van der Waals surface area (Å²) in [6, 6.07) is 5.29. The van der Waals surface area contributed by atoms with E-state index in [-0.39, 0.29) is 19.1 Å². The molecule has 0 radical (unpaired) electrons. The minimum atomic E-state index is -0.903. The number of carbonyl (C=O) groups is 2. The number of rotatable bonds is 8. The minimum absolute atomic E-state index is 0.104. The van der Waals surface area contributed by atoms with Crippen LogP contribution in [0.15, 0.2) is 18.2 Å². The van der Waals surface area contributed by atoms with Gasteiger partial charge < -0.3 is 15.2 Å². The van der Waals surface area contributed by atoms with E-state index in [0.29, 0.717) is 17.2 Å². The average molecular weight is 314 g/mol. The van der Waals surface area contributed by atoms with Crippen LogP contribution in [0, 0.1) is 12.8 Å². The van der Waals surface area contributed by atoms with Gasteiger partial charge in [0.05, 0.1) is 10.9 Å². The first kappa shape index (κ1) is 17.3. The van der Waals surface area contributed by atoms with Gasteiger partial charge in [0.15, 0.2) is 6.61 Å². The SMILES string of the molecule is CCCC(CNC(=O)COc1cc(C)ccc1Cl)C(=O)O. The van der Waals surface area contributed by atoms with E-state index in [1.807, 2.05) is 19.9 Å². The summed E-state index contributed by atoms with van der Waals surface area (Å²) in [5.74, 6) is -1.40. The average Bonchev–Trinajstić information content (AvgIpc) is 2.44. The van der Waals surface area contributed by atoms with Crippen molar-refractivity contribution in [2.45, 2.75) is 26.7 Å². The largest absolute Gasteiger partial charge is 0.482 e. The molecule has 1 amide bonds. The Morgan fingerprint density at radius 3 is 2.76 bits per heavy atom. The summed E-state index contributed by atoms with van der Waals surface area (Å²) >= 11 is 5.96. The summed E-state index contributed by atoms with van der Waals surface area (Å²) in [7, 11) is 0. The molecular formula is C15H20ClNO4. The molecule has 116 valence electrons. The van der Waals surface area contributed by atoms with Crippen LogP contribution in [0.1, 0.15) is 25.3 Å². The number of carboxylic acid groups (broad SMARTS) is 1. The Kier molecular flexibility index (Phi) is 7.02. The third-order valence-corrected chi connectivity index (χ3v) is 3.29. The summed E-state index contributed by atoms with van der Waals surface area (Å²) in [5, 5.41) is 12.0. The molecule has 0 aliphatic rings. The Balaban J connectivity index is 2.43. The highest BCUT2D eigenvalue weighted by atomic mass is 35.5. The fraction of sp³-hybridized carbons (Fsp3) is 0.467. The van der Waals surface area contributed by atoms with Crippen molar-refractivity contribution in [3.8, 4) is 5.75 Å². The molecule has 0 saturated heterocycles. The maximum absolute atomic E-state index is 11.7. The van der Waals surface area contributed by atoms with Crippen molar-refractivity contribution in [3.05, 3.63) is 28.8 Å². The van der Waals surface area contributed by atoms with Crippen molar-refractivity contribution in [2.75, 3.05) is 13.2 Å². The molecule has 0 aliphatic heterocycles. The van der Waals surface area contributed by atoms with Gasteiger partial charge in [0.2, 0.25) is 0 Å². The lowest BCUT2D eigenvalue weighted by molar-refractivity contribution is -0.142. The summed E-state index contributed by atoms with van der Waals surface area (Å²) in [4.78, 5) is 22.6. The number of nitrogens with one attached hydrogen (secondary N) is 1. The second-order valence-corrected chi connectivity index (χ2v) is 5.26. The van der Waals surface area contributed by atoms with Crippen LogP contribution in [0.25, 0.3) is 0 Å². The highest BCUT2D eigenvalue weighted by molar-refractivity contribution is 6.32. The lowest BCUT2D eigenvalue weighted by Crippen LogP contribution is -2.35. The van der Waals surface area contributed by atoms with Crippen molar-refractivity contribution >= 4 is 23.5 Å². The van der Waals surface area contributed by atoms with Gasteiger partial charge in [0.25, 0.3) is 5.91 Å². The number of halogens is 1. The second kappa shape index (κ2) is 8.52. The highest BCUT2D eigenvalue weighted by Crippen LogP contribution is 2.24. The first-order valence-electron chi connectivity index (χ1n) is 6.82. The molecule has 2 N–H and O–H groups in total. The molecule has 21 heavy (non-hydrogen) atoms. The number of aryl methyl sites for hydroxylation is 1. The third-order valence-electron chi connectivity index (χ3n) is 2.98. The highest BCUT2D eigenvalue weighted by Gasteiger charge is 2.17. The second-order valence-electron chi connectivity index (χ2n) is 4.85. The number of carbonyl (C=O) groups excluding carboxylic acids is 1. The molecule has 0 aliphatic carbocycles. The van der Waals surface area contributed by atoms with E-state index in [9.17, 15) is 9.59 Å². The van der Waals surface area contributed by atoms with Crippen molar-refractivity contribution < 1.29 is 19.4 Å². The summed E-state index contributed by atoms with van der Waals surface area (Å²) in [6.07, 6.45) is 1.28. The van der Waals surface area contributed by atoms with Crippen LogP contribution in [0.2, 0.25) is 5.02 Å². The fourth-order valence-corrected chi connectivity index (χ4v) is 1.99. The quantitative estimate of drug-likeness (QED) is 0.773. The number of hydrogen-bond acceptors (Lipinski definition) is 3. The number of benzene rings is 1. The Labute approximate surface area is 129 Å². The minimum Gasteiger partial charge on any atom is -0.482 e. The molecular weight excluding hydrogens is 294 g/mol. The summed E-state index contributed by atoms with van der Waals surface area (Å²) in [5.41, 5.74) is 0.976. The van der Waals surface area contributed by atoms with E-state index in [1.54, 1.807) is 12.1 Å². The molecule has 0 spiro atoms. The molecule has 0 heterocycles. The molecule has 5 nitrogen and oxygen atoms in total. The van der Waals surface area contributed by atoms with E-state index >= 15 is 0 Å². The van der Waals surface area contributed by atoms with Gasteiger partial charge in [-0.25, -0.2) is 0 Å². The van der Waals surface area contributed by atoms with E-state index in [4.69, 9.17) is 21.4 Å². The first-order valence-corrected chi connectivity index (χ1v) is 7.20. The van der Waals surface area contributed by atoms with E-state index in [1.165, 1.54) is 0 Å². The monoisotopic (exact) mass is 313 g/mol. The summed E-state index contributed by atoms with van der Waals surface area (Å²) in [6.45, 7) is 3.71. The van der Waals surface area contributed by atoms with Gasteiger partial charge in [-0.1, -0.05) is 31.0 Å². The number of carboxylic acids is 1. The van der Waals surface area contributed by atoms with Crippen LogP contribution in [0.4, 0.5) is 0 Å². The number of aliphatic carboxylic acids is 1. The zero-order chi connectivity index (χ0) is 15.8. The topological polar surface area (TPSA) is 75.6 Å². The predicted octanol–water partition coefficient (Wildman–Crippen LogP) is 2.64. The Bertz CT molecular complexity index is 504. The molecule has 1 aromatic rings. The molecule has 1 aromatic carbocycles. The van der Waals surface area contributed by atoms with Gasteiger partial charge in [-0.2, -0.15) is 0 Å². The number of hydrogen-bond donors (Lipinski definition) is 2. The van der Waals surface area contributed by atoms with Gasteiger partial charge in [-0.15, -0.1) is 0 Å². The van der Waals surface area contributed by atoms with Gasteiger partial charge in [0.1, 0.15) is 5.75 Å². The fourth-order valence-electron chi connectivity index (χ4n) is 1.81. The predicted molar refractivity (Wildman–Crippen MR) is 80.7 cm³/mol. The Morgan fingerprint density at radius 2 is 2.14 bits per heavy atom. The van der Waals surface area contributed by atoms with Crippen LogP contribution >= 0.6 is 11.6 Å². The molecule has 0 saturated carbocycles. The van der Waals surface area contributed by atoms with Crippen molar-refractivity contribution in [2.24, 2.45) is 5.92 Å². The molecule has 1 rings (SSSR count). The van der Waals surface area contributed by atoms with Crippen molar-refractivity contribution in [1.82, 2.24) is 5.32 Å². The smallest absolute Gasteiger partial charge is 0.308 e. The molecule has 0 bridgehead atoms. The van der Waals surface area contributed by atoms with Crippen LogP contribution in [-0.4, -0.2) is 30.1 Å². The van der Waals surface area contributed by atoms with E-state index in [0.717, 1.165) is 12.0 Å². The normalized spacial score (nSPS) is 11.8. The lowest BCUT2D eigenvalue weighted by atomic mass is 10.0. The van der Waals surface area contributed by atoms with Crippen LogP contribution in [-0.2, 0) is 9.59 Å². The van der Waals surface area contributed by atoms with E-state index in [2.05, 4.69) is 5.32 Å². The van der Waals surface area contributed by atoms with Gasteiger partial charge in [-0.3, -0.25) is 9.59 Å². The molecule has 1 unspecified atom stereocenters. The van der Waals surface area contributed by atoms with Gasteiger partial charge >= 0.3 is 5.97 Å². The van der Waals surface area contributed by atoms with Crippen LogP contribution < -0.4 is 10.1 Å². The van der Waals surface area contributed by atoms with Crippen molar-refractivity contribution in [1.29, 1.82) is 0 Å². The van der Waals surface area contributed by atoms with Crippen LogP contribution in [0.5, 0.6) is 5.75 Å². The van der Waals surface area contributed by atoms with Crippen LogP contribution in [0.3, 0.4) is 0 Å². The standard InChI is InChI=1S/C15H20ClNO4/c1-3-4-11(15(19)20)8-17-14(18)9-21-13-7-10(2)5-6-12(13)16/h5-7,11H,3-4,8-9H2,1-2H3,(H,17,18)(H,19,20). The molecule has 6 heteroatoms. The lowest BCUT2D eigenvalue weighted by Gasteiger charge is -2.13. The van der Waals surface area contributed by atoms with Gasteiger partial charge in [0, 0.05) is 6.54 Å². The number of ether oxygens (including phenoxy) is 1. The Morgan fingerprint density at radius 1 is 1.43 bits per heavy atom. The molecule has 0 aromatic heterocycles.